The molecule has 0 spiro atoms. The number of carbonyl (C=O) groups excluding carboxylic acids is 2. The smallest absolute Gasteiger partial charge is 0.141 e. The summed E-state index contributed by atoms with van der Waals surface area (Å²) in [5, 5.41) is 0. The molecule has 5 aliphatic carbocycles. The van der Waals surface area contributed by atoms with Crippen LogP contribution in [0.5, 0.6) is 0 Å². The van der Waals surface area contributed by atoms with Crippen LogP contribution < -0.4 is 0 Å². The minimum Gasteiger partial charge on any atom is -0.365 e. The van der Waals surface area contributed by atoms with E-state index in [1.54, 1.807) is 0 Å². The highest BCUT2D eigenvalue weighted by molar-refractivity contribution is 6.02. The summed E-state index contributed by atoms with van der Waals surface area (Å²) in [6, 6.07) is 17.4. The predicted octanol–water partition coefficient (Wildman–Crippen LogP) is 5.02. The predicted molar refractivity (Wildman–Crippen MR) is 127 cm³/mol. The van der Waals surface area contributed by atoms with Crippen LogP contribution in [0.3, 0.4) is 0 Å². The molecule has 16 atom stereocenters. The average molecular weight is 477 g/mol. The van der Waals surface area contributed by atoms with Crippen LogP contribution in [0, 0.1) is 71.0 Å². The zero-order valence-corrected chi connectivity index (χ0v) is 19.9. The van der Waals surface area contributed by atoms with Crippen molar-refractivity contribution in [3.63, 3.8) is 0 Å². The molecule has 7 fully saturated rings. The van der Waals surface area contributed by atoms with Crippen molar-refractivity contribution in [2.45, 2.75) is 37.3 Å². The van der Waals surface area contributed by atoms with Crippen LogP contribution >= 0.6 is 0 Å². The molecule has 4 nitrogen and oxygen atoms in total. The second-order valence-electron chi connectivity index (χ2n) is 13.6. The first kappa shape index (κ1) is 18.9. The lowest BCUT2D eigenvalue weighted by Crippen LogP contribution is -2.57. The third kappa shape index (κ3) is 1.72. The largest absolute Gasteiger partial charge is 0.365 e. The molecule has 2 aromatic carbocycles. The standard InChI is InChI=1S/C32H28O4/c33-27-19-15-9-16(24-23(15)29-11-5-1-2-6-12(11)30(24)35-29)20(19)28(34)22-18-10-17(21(22)27)25-26(18)32-14-8-4-3-7-13(14)31(25)36-32/h1-8,15-26,29-32H,9-10H2/t15-,16+,17+,18-,19-,20+,21+,22-,23-,24+,25+,26-,29-,30+,31+,32-. The number of carbonyl (C=O) groups is 2. The number of fused-ring (bicyclic) bond motifs is 30. The van der Waals surface area contributed by atoms with E-state index in [0.717, 1.165) is 12.8 Å². The first-order valence-electron chi connectivity index (χ1n) is 14.3. The van der Waals surface area contributed by atoms with E-state index in [1.807, 2.05) is 0 Å². The lowest BCUT2D eigenvalue weighted by Gasteiger charge is -2.50. The first-order valence-corrected chi connectivity index (χ1v) is 14.3. The molecule has 4 heteroatoms. The summed E-state index contributed by atoms with van der Waals surface area (Å²) in [7, 11) is 0. The summed E-state index contributed by atoms with van der Waals surface area (Å²) in [4.78, 5) is 28.9. The van der Waals surface area contributed by atoms with Crippen molar-refractivity contribution in [2.75, 3.05) is 0 Å². The summed E-state index contributed by atoms with van der Waals surface area (Å²) in [5.41, 5.74) is 5.39. The zero-order valence-electron chi connectivity index (χ0n) is 19.9. The lowest BCUT2D eigenvalue weighted by molar-refractivity contribution is -0.157. The van der Waals surface area contributed by atoms with Crippen molar-refractivity contribution >= 4 is 11.6 Å². The Morgan fingerprint density at radius 1 is 0.472 bits per heavy atom. The molecule has 2 aromatic rings. The molecule has 0 aromatic heterocycles. The summed E-state index contributed by atoms with van der Waals surface area (Å²) in [5.74, 6) is 3.75. The number of hydrogen-bond donors (Lipinski definition) is 0. The maximum Gasteiger partial charge on any atom is 0.141 e. The number of rotatable bonds is 0. The number of ether oxygens (including phenoxy) is 2. The van der Waals surface area contributed by atoms with Crippen LogP contribution in [-0.4, -0.2) is 11.6 Å². The second-order valence-corrected chi connectivity index (χ2v) is 13.6. The van der Waals surface area contributed by atoms with Gasteiger partial charge in [-0.25, -0.2) is 0 Å². The van der Waals surface area contributed by atoms with E-state index in [2.05, 4.69) is 48.5 Å². The minimum absolute atomic E-state index is 0.0512. The molecule has 4 aliphatic heterocycles. The Labute approximate surface area is 209 Å². The van der Waals surface area contributed by atoms with Crippen LogP contribution in [0.4, 0.5) is 0 Å². The highest BCUT2D eigenvalue weighted by Gasteiger charge is 2.77. The van der Waals surface area contributed by atoms with Crippen LogP contribution in [0.2, 0.25) is 0 Å². The maximum atomic E-state index is 14.5. The van der Waals surface area contributed by atoms with Gasteiger partial charge in [-0.2, -0.15) is 0 Å². The van der Waals surface area contributed by atoms with Gasteiger partial charge in [-0.3, -0.25) is 9.59 Å². The third-order valence-electron chi connectivity index (χ3n) is 13.1. The molecule has 0 amide bonds. The van der Waals surface area contributed by atoms with Gasteiger partial charge in [-0.1, -0.05) is 48.5 Å². The van der Waals surface area contributed by atoms with Crippen molar-refractivity contribution in [2.24, 2.45) is 71.0 Å². The minimum atomic E-state index is -0.0512. The number of Topliss-reactive ketones (excluding diaryl/α,β-unsaturated/α-hetero) is 2. The van der Waals surface area contributed by atoms with Gasteiger partial charge in [0.15, 0.2) is 0 Å². The van der Waals surface area contributed by atoms with Crippen molar-refractivity contribution in [3.8, 4) is 0 Å². The summed E-state index contributed by atoms with van der Waals surface area (Å²) >= 11 is 0. The topological polar surface area (TPSA) is 52.6 Å². The first-order chi connectivity index (χ1) is 17.7. The molecule has 8 bridgehead atoms. The van der Waals surface area contributed by atoms with E-state index >= 15 is 0 Å². The van der Waals surface area contributed by atoms with Gasteiger partial charge in [0.05, 0.1) is 24.4 Å². The highest BCUT2D eigenvalue weighted by atomic mass is 16.5. The molecule has 5 saturated carbocycles. The number of hydrogen-bond acceptors (Lipinski definition) is 4. The molecule has 0 N–H and O–H groups in total. The van der Waals surface area contributed by atoms with Gasteiger partial charge in [0.1, 0.15) is 11.6 Å². The van der Waals surface area contributed by atoms with Gasteiger partial charge >= 0.3 is 0 Å². The fourth-order valence-corrected chi connectivity index (χ4v) is 12.6. The van der Waals surface area contributed by atoms with Crippen LogP contribution in [-0.2, 0) is 19.1 Å². The van der Waals surface area contributed by atoms with Crippen molar-refractivity contribution < 1.29 is 19.1 Å². The Bertz CT molecular complexity index is 1220. The normalized spacial score (nSPS) is 56.6. The van der Waals surface area contributed by atoms with Gasteiger partial charge in [-0.05, 0) is 82.4 Å². The monoisotopic (exact) mass is 476 g/mol. The van der Waals surface area contributed by atoms with Crippen LogP contribution in [0.15, 0.2) is 48.5 Å². The highest BCUT2D eigenvalue weighted by Crippen LogP contribution is 2.78. The summed E-state index contributed by atoms with van der Waals surface area (Å²) < 4.78 is 13.2. The summed E-state index contributed by atoms with van der Waals surface area (Å²) in [6.07, 6.45) is 2.66. The molecule has 2 saturated heterocycles. The van der Waals surface area contributed by atoms with Crippen LogP contribution in [0.1, 0.15) is 59.5 Å². The third-order valence-corrected chi connectivity index (χ3v) is 13.1. The van der Waals surface area contributed by atoms with Gasteiger partial charge in [0.2, 0.25) is 0 Å². The van der Waals surface area contributed by atoms with Gasteiger partial charge in [-0.15, -0.1) is 0 Å². The molecule has 0 unspecified atom stereocenters. The fourth-order valence-electron chi connectivity index (χ4n) is 12.6. The molecule has 4 heterocycles. The Morgan fingerprint density at radius 3 is 1.03 bits per heavy atom. The van der Waals surface area contributed by atoms with E-state index < -0.39 is 0 Å². The maximum absolute atomic E-state index is 14.5. The summed E-state index contributed by atoms with van der Waals surface area (Å²) in [6.45, 7) is 0. The van der Waals surface area contributed by atoms with Crippen LogP contribution in [0.25, 0.3) is 0 Å². The molecule has 36 heavy (non-hydrogen) atoms. The molecule has 180 valence electrons. The lowest BCUT2D eigenvalue weighted by atomic mass is 9.50. The SMILES string of the molecule is O=C1[C@@H]2[C@H]3C[C@@H]([C@@H]2C(=O)[C@@H]2[C@H]4C[C@@H]([C@H]12)[C@H]1[C@@H]4[C@@H]2O[C@H]1c1ccccc12)[C@H]1[C@@H]3[C@@H]2O[C@H]1c1ccccc12. The molecular formula is C32H28O4. The van der Waals surface area contributed by atoms with Gasteiger partial charge < -0.3 is 9.47 Å². The van der Waals surface area contributed by atoms with Crippen molar-refractivity contribution in [1.29, 1.82) is 0 Å². The number of benzene rings is 2. The van der Waals surface area contributed by atoms with Crippen molar-refractivity contribution in [3.05, 3.63) is 70.8 Å². The Kier molecular flexibility index (Phi) is 3.01. The molecular weight excluding hydrogens is 448 g/mol. The van der Waals surface area contributed by atoms with Gasteiger partial charge in [0.25, 0.3) is 0 Å². The fraction of sp³-hybridized carbons (Fsp3) is 0.562. The Hall–Kier alpha value is -2.30. The molecule has 0 radical (unpaired) electrons. The van der Waals surface area contributed by atoms with E-state index in [9.17, 15) is 9.59 Å². The molecule has 11 rings (SSSR count). The van der Waals surface area contributed by atoms with E-state index in [1.165, 1.54) is 22.3 Å². The quantitative estimate of drug-likeness (QED) is 0.536. The Balaban J connectivity index is 1.01. The van der Waals surface area contributed by atoms with E-state index in [0.29, 0.717) is 58.9 Å². The van der Waals surface area contributed by atoms with E-state index in [-0.39, 0.29) is 48.1 Å². The zero-order chi connectivity index (χ0) is 23.2. The van der Waals surface area contributed by atoms with Crippen molar-refractivity contribution in [1.82, 2.24) is 0 Å². The van der Waals surface area contributed by atoms with E-state index in [4.69, 9.17) is 9.47 Å². The second kappa shape index (κ2) is 5.73. The number of ketones is 2. The average Bonchev–Trinajstić information content (AvgIpc) is 3.73. The Morgan fingerprint density at radius 2 is 0.750 bits per heavy atom. The molecule has 9 aliphatic rings. The van der Waals surface area contributed by atoms with Gasteiger partial charge in [0, 0.05) is 23.7 Å².